The highest BCUT2D eigenvalue weighted by Gasteiger charge is 2.31. The second-order valence-corrected chi connectivity index (χ2v) is 12.1. The molecule has 0 unspecified atom stereocenters. The topological polar surface area (TPSA) is 106 Å². The number of aromatic nitrogens is 4. The molecular weight excluding hydrogens is 554 g/mol. The van der Waals surface area contributed by atoms with Crippen LogP contribution in [0.25, 0.3) is 16.9 Å². The maximum absolute atomic E-state index is 14.5. The smallest absolute Gasteiger partial charge is 0.259 e. The number of benzene rings is 2. The number of morpholine rings is 1. The minimum absolute atomic E-state index is 0.0347. The largest absolute Gasteiger partial charge is 0.379 e. The van der Waals surface area contributed by atoms with Crippen molar-refractivity contribution in [3.63, 3.8) is 0 Å². The minimum atomic E-state index is -0.113. The SMILES string of the molecule is CCCc1c(Cc2ccc(-c3ccccc3)c(C3=NNC(=O)C3)c2)c(=O)n(C2CCC(N3CCOCC3)CC2)c2ncnn12. The molecule has 1 N–H and O–H groups in total. The molecule has 1 aliphatic carbocycles. The van der Waals surface area contributed by atoms with Crippen molar-refractivity contribution in [3.8, 4) is 11.1 Å². The van der Waals surface area contributed by atoms with Crippen LogP contribution in [-0.4, -0.2) is 68.0 Å². The zero-order valence-corrected chi connectivity index (χ0v) is 25.2. The molecule has 1 amide bonds. The van der Waals surface area contributed by atoms with Gasteiger partial charge in [0.05, 0.1) is 31.0 Å². The Morgan fingerprint density at radius 1 is 0.955 bits per heavy atom. The number of hydrogen-bond acceptors (Lipinski definition) is 7. The summed E-state index contributed by atoms with van der Waals surface area (Å²) in [6.07, 6.45) is 7.88. The van der Waals surface area contributed by atoms with E-state index in [9.17, 15) is 9.59 Å². The van der Waals surface area contributed by atoms with Crippen molar-refractivity contribution in [2.75, 3.05) is 26.3 Å². The second kappa shape index (κ2) is 12.5. The third-order valence-electron chi connectivity index (χ3n) is 9.41. The van der Waals surface area contributed by atoms with Gasteiger partial charge >= 0.3 is 0 Å². The third kappa shape index (κ3) is 5.48. The highest BCUT2D eigenvalue weighted by molar-refractivity contribution is 6.16. The summed E-state index contributed by atoms with van der Waals surface area (Å²) in [5, 5.41) is 8.98. The molecule has 44 heavy (non-hydrogen) atoms. The first kappa shape index (κ1) is 28.6. The Morgan fingerprint density at radius 2 is 1.73 bits per heavy atom. The number of hydrazone groups is 1. The number of ether oxygens (including phenoxy) is 1. The standard InChI is InChI=1S/C34H39N7O3/c1-2-6-31-29(20-23-9-14-27(24-7-4-3-5-8-24)28(19-23)30-21-32(42)38-37-30)33(43)40(34-35-22-36-41(31)34)26-12-10-25(11-13-26)39-15-17-44-18-16-39/h3-5,7-9,14,19,22,25-26H,2,6,10-13,15-18,20-21H2,1H3,(H,38,42). The Balaban J connectivity index is 1.26. The van der Waals surface area contributed by atoms with Gasteiger partial charge in [0.15, 0.2) is 0 Å². The zero-order valence-electron chi connectivity index (χ0n) is 25.2. The number of fused-ring (bicyclic) bond motifs is 1. The number of amides is 1. The first-order chi connectivity index (χ1) is 21.6. The fraction of sp³-hybridized carbons (Fsp3) is 0.441. The van der Waals surface area contributed by atoms with E-state index in [4.69, 9.17) is 4.74 Å². The summed E-state index contributed by atoms with van der Waals surface area (Å²) in [6.45, 7) is 5.70. The molecule has 2 aliphatic heterocycles. The second-order valence-electron chi connectivity index (χ2n) is 12.1. The van der Waals surface area contributed by atoms with Crippen LogP contribution in [0.2, 0.25) is 0 Å². The van der Waals surface area contributed by atoms with Crippen molar-refractivity contribution >= 4 is 17.4 Å². The summed E-state index contributed by atoms with van der Waals surface area (Å²) < 4.78 is 9.40. The van der Waals surface area contributed by atoms with Crippen molar-refractivity contribution in [1.82, 2.24) is 29.5 Å². The van der Waals surface area contributed by atoms with Gasteiger partial charge in [0.25, 0.3) is 5.56 Å². The predicted octanol–water partition coefficient (Wildman–Crippen LogP) is 4.14. The fourth-order valence-electron chi connectivity index (χ4n) is 7.23. The number of carbonyl (C=O) groups excluding carboxylic acids is 1. The highest BCUT2D eigenvalue weighted by Crippen LogP contribution is 2.33. The van der Waals surface area contributed by atoms with Crippen LogP contribution in [0.4, 0.5) is 0 Å². The van der Waals surface area contributed by atoms with Crippen molar-refractivity contribution in [2.24, 2.45) is 5.10 Å². The highest BCUT2D eigenvalue weighted by atomic mass is 16.5. The molecule has 0 spiro atoms. The van der Waals surface area contributed by atoms with Gasteiger partial charge in [0.2, 0.25) is 11.7 Å². The maximum atomic E-state index is 14.5. The van der Waals surface area contributed by atoms with Crippen LogP contribution in [0.3, 0.4) is 0 Å². The van der Waals surface area contributed by atoms with Crippen LogP contribution in [-0.2, 0) is 22.4 Å². The van der Waals surface area contributed by atoms with Crippen LogP contribution < -0.4 is 11.0 Å². The normalized spacial score (nSPS) is 21.0. The van der Waals surface area contributed by atoms with E-state index in [0.717, 1.165) is 98.3 Å². The number of rotatable bonds is 8. The van der Waals surface area contributed by atoms with Gasteiger partial charge in [-0.2, -0.15) is 15.2 Å². The third-order valence-corrected chi connectivity index (χ3v) is 9.41. The van der Waals surface area contributed by atoms with Gasteiger partial charge in [-0.1, -0.05) is 55.8 Å². The van der Waals surface area contributed by atoms with Gasteiger partial charge in [0.1, 0.15) is 6.33 Å². The molecule has 4 aromatic rings. The molecule has 0 bridgehead atoms. The van der Waals surface area contributed by atoms with E-state index in [0.29, 0.717) is 24.0 Å². The number of nitrogens with zero attached hydrogens (tertiary/aromatic N) is 6. The summed E-state index contributed by atoms with van der Waals surface area (Å²) >= 11 is 0. The van der Waals surface area contributed by atoms with E-state index in [1.165, 1.54) is 0 Å². The Bertz CT molecular complexity index is 1750. The van der Waals surface area contributed by atoms with Gasteiger partial charge in [-0.15, -0.1) is 0 Å². The van der Waals surface area contributed by atoms with Crippen LogP contribution in [0.5, 0.6) is 0 Å². The van der Waals surface area contributed by atoms with Crippen LogP contribution in [0, 0.1) is 0 Å². The lowest BCUT2D eigenvalue weighted by molar-refractivity contribution is -0.119. The molecular formula is C34H39N7O3. The Morgan fingerprint density at radius 3 is 2.45 bits per heavy atom. The van der Waals surface area contributed by atoms with Crippen molar-refractivity contribution in [1.29, 1.82) is 0 Å². The molecule has 1 saturated heterocycles. The number of aryl methyl sites for hydroxylation is 1. The summed E-state index contributed by atoms with van der Waals surface area (Å²) in [4.78, 5) is 33.8. The van der Waals surface area contributed by atoms with E-state index < -0.39 is 0 Å². The van der Waals surface area contributed by atoms with Crippen LogP contribution in [0.1, 0.15) is 73.9 Å². The maximum Gasteiger partial charge on any atom is 0.259 e. The molecule has 2 aromatic heterocycles. The predicted molar refractivity (Wildman–Crippen MR) is 169 cm³/mol. The molecule has 2 aromatic carbocycles. The summed E-state index contributed by atoms with van der Waals surface area (Å²) in [7, 11) is 0. The molecule has 1 saturated carbocycles. The van der Waals surface area contributed by atoms with Gasteiger partial charge in [-0.05, 0) is 54.9 Å². The lowest BCUT2D eigenvalue weighted by atomic mass is 9.89. The first-order valence-corrected chi connectivity index (χ1v) is 15.9. The van der Waals surface area contributed by atoms with Gasteiger partial charge in [0, 0.05) is 42.7 Å². The Labute approximate surface area is 256 Å². The molecule has 4 heterocycles. The van der Waals surface area contributed by atoms with Crippen LogP contribution >= 0.6 is 0 Å². The van der Waals surface area contributed by atoms with E-state index in [-0.39, 0.29) is 23.9 Å². The molecule has 10 nitrogen and oxygen atoms in total. The quantitative estimate of drug-likeness (QED) is 0.329. The molecule has 228 valence electrons. The lowest BCUT2D eigenvalue weighted by Crippen LogP contribution is -2.45. The first-order valence-electron chi connectivity index (χ1n) is 15.9. The van der Waals surface area contributed by atoms with Gasteiger partial charge < -0.3 is 4.74 Å². The molecule has 0 atom stereocenters. The van der Waals surface area contributed by atoms with E-state index >= 15 is 0 Å². The van der Waals surface area contributed by atoms with Gasteiger partial charge in [-0.3, -0.25) is 19.1 Å². The molecule has 0 radical (unpaired) electrons. The molecule has 3 aliphatic rings. The Hall–Kier alpha value is -4.15. The minimum Gasteiger partial charge on any atom is -0.379 e. The molecule has 2 fully saturated rings. The Kier molecular flexibility index (Phi) is 8.10. The molecule has 10 heteroatoms. The average molecular weight is 594 g/mol. The van der Waals surface area contributed by atoms with E-state index in [1.54, 1.807) is 6.33 Å². The van der Waals surface area contributed by atoms with Gasteiger partial charge in [-0.25, -0.2) is 9.94 Å². The fourth-order valence-corrected chi connectivity index (χ4v) is 7.23. The number of carbonyl (C=O) groups is 1. The van der Waals surface area contributed by atoms with Crippen molar-refractivity contribution in [3.05, 3.63) is 87.6 Å². The lowest BCUT2D eigenvalue weighted by Gasteiger charge is -2.39. The zero-order chi connectivity index (χ0) is 30.0. The van der Waals surface area contributed by atoms with E-state index in [2.05, 4.69) is 62.8 Å². The van der Waals surface area contributed by atoms with Crippen molar-refractivity contribution in [2.45, 2.75) is 70.4 Å². The molecule has 7 rings (SSSR count). The summed E-state index contributed by atoms with van der Waals surface area (Å²) in [6, 6.07) is 17.0. The summed E-state index contributed by atoms with van der Waals surface area (Å²) in [5.74, 6) is 0.527. The summed E-state index contributed by atoms with van der Waals surface area (Å²) in [5.41, 5.74) is 9.02. The number of nitrogens with one attached hydrogen (secondary N) is 1. The van der Waals surface area contributed by atoms with E-state index in [1.807, 2.05) is 27.3 Å². The average Bonchev–Trinajstić information content (AvgIpc) is 3.73. The van der Waals surface area contributed by atoms with Crippen LogP contribution in [0.15, 0.2) is 64.8 Å². The van der Waals surface area contributed by atoms with Crippen molar-refractivity contribution < 1.29 is 9.53 Å². The monoisotopic (exact) mass is 593 g/mol. The number of hydrogen-bond donors (Lipinski definition) is 1.